The van der Waals surface area contributed by atoms with Crippen molar-refractivity contribution in [3.8, 4) is 0 Å². The summed E-state index contributed by atoms with van der Waals surface area (Å²) in [5.41, 5.74) is 0.551. The van der Waals surface area contributed by atoms with Crippen LogP contribution < -0.4 is 0 Å². The molecule has 166 valence electrons. The standard InChI is InChI=1S/C24H22Cl2N2O4/c1-14-2-11-19-20(12-14)24(32)28(23(19)31)27(22(30)16-5-9-18(26)10-6-16)13-21(29)15-3-7-17(25)8-4-15/h3-10,14,19-20H,2,11-13H2,1H3/t14-,19+,20-/m1/s1. The van der Waals surface area contributed by atoms with E-state index in [1.807, 2.05) is 0 Å². The molecule has 3 atom stereocenters. The van der Waals surface area contributed by atoms with Gasteiger partial charge in [-0.3, -0.25) is 19.2 Å². The molecule has 0 aromatic heterocycles. The highest BCUT2D eigenvalue weighted by atomic mass is 35.5. The highest BCUT2D eigenvalue weighted by molar-refractivity contribution is 6.31. The first-order valence-electron chi connectivity index (χ1n) is 10.5. The summed E-state index contributed by atoms with van der Waals surface area (Å²) in [5, 5.41) is 2.80. The minimum absolute atomic E-state index is 0.224. The molecule has 6 nitrogen and oxygen atoms in total. The van der Waals surface area contributed by atoms with Crippen LogP contribution in [0.5, 0.6) is 0 Å². The molecule has 2 aromatic carbocycles. The van der Waals surface area contributed by atoms with Crippen LogP contribution in [0.4, 0.5) is 0 Å². The van der Waals surface area contributed by atoms with Crippen molar-refractivity contribution in [1.29, 1.82) is 0 Å². The smallest absolute Gasteiger partial charge is 0.273 e. The Morgan fingerprint density at radius 3 is 2.00 bits per heavy atom. The Hall–Kier alpha value is -2.70. The summed E-state index contributed by atoms with van der Waals surface area (Å²) in [6.45, 7) is 1.60. The van der Waals surface area contributed by atoms with Gasteiger partial charge in [0.15, 0.2) is 5.78 Å². The molecule has 2 fully saturated rings. The molecule has 2 aliphatic rings. The van der Waals surface area contributed by atoms with Crippen LogP contribution in [0.2, 0.25) is 10.0 Å². The fraction of sp³-hybridized carbons (Fsp3) is 0.333. The fourth-order valence-electron chi connectivity index (χ4n) is 4.45. The van der Waals surface area contributed by atoms with Gasteiger partial charge in [-0.25, -0.2) is 5.01 Å². The number of Topliss-reactive ketones (excluding diaryl/α,β-unsaturated/α-hetero) is 1. The van der Waals surface area contributed by atoms with Crippen molar-refractivity contribution in [2.24, 2.45) is 17.8 Å². The first kappa shape index (κ1) is 22.5. The number of hydrazine groups is 1. The molecule has 0 bridgehead atoms. The molecule has 1 heterocycles. The lowest BCUT2D eigenvalue weighted by Crippen LogP contribution is -2.52. The number of hydrogen-bond acceptors (Lipinski definition) is 4. The van der Waals surface area contributed by atoms with Gasteiger partial charge in [0.2, 0.25) is 0 Å². The summed E-state index contributed by atoms with van der Waals surface area (Å²) in [4.78, 5) is 52.8. The first-order valence-corrected chi connectivity index (χ1v) is 11.3. The van der Waals surface area contributed by atoms with E-state index < -0.39 is 41.9 Å². The maximum Gasteiger partial charge on any atom is 0.273 e. The number of rotatable bonds is 5. The van der Waals surface area contributed by atoms with E-state index in [0.29, 0.717) is 34.4 Å². The number of carbonyl (C=O) groups is 4. The number of amides is 3. The van der Waals surface area contributed by atoms with Gasteiger partial charge in [-0.15, -0.1) is 0 Å². The summed E-state index contributed by atoms with van der Waals surface area (Å²) >= 11 is 11.8. The highest BCUT2D eigenvalue weighted by Gasteiger charge is 2.52. The molecule has 3 amide bonds. The van der Waals surface area contributed by atoms with Gasteiger partial charge in [-0.05, 0) is 73.7 Å². The lowest BCUT2D eigenvalue weighted by molar-refractivity contribution is -0.154. The minimum Gasteiger partial charge on any atom is -0.292 e. The Bertz CT molecular complexity index is 1070. The Morgan fingerprint density at radius 2 is 1.41 bits per heavy atom. The number of fused-ring (bicyclic) bond motifs is 1. The van der Waals surface area contributed by atoms with Crippen LogP contribution >= 0.6 is 23.2 Å². The van der Waals surface area contributed by atoms with Crippen LogP contribution in [0.15, 0.2) is 48.5 Å². The third-order valence-electron chi connectivity index (χ3n) is 6.19. The monoisotopic (exact) mass is 472 g/mol. The predicted molar refractivity (Wildman–Crippen MR) is 120 cm³/mol. The zero-order valence-electron chi connectivity index (χ0n) is 17.5. The molecule has 0 N–H and O–H groups in total. The Labute approximate surface area is 196 Å². The number of hydrogen-bond donors (Lipinski definition) is 0. The SMILES string of the molecule is C[C@@H]1CC[C@@H]2C(=O)N(N(CC(=O)c3ccc(Cl)cc3)C(=O)c3ccc(Cl)cc3)C(=O)[C@@H]2C1. The molecule has 1 aliphatic heterocycles. The third kappa shape index (κ3) is 4.30. The van der Waals surface area contributed by atoms with Crippen molar-refractivity contribution in [3.05, 3.63) is 69.7 Å². The molecule has 1 saturated carbocycles. The molecule has 4 rings (SSSR count). The van der Waals surface area contributed by atoms with E-state index >= 15 is 0 Å². The molecule has 8 heteroatoms. The second kappa shape index (κ2) is 9.04. The maximum atomic E-state index is 13.4. The first-order chi connectivity index (χ1) is 15.3. The summed E-state index contributed by atoms with van der Waals surface area (Å²) in [6.07, 6.45) is 2.05. The maximum absolute atomic E-state index is 13.4. The Balaban J connectivity index is 1.68. The summed E-state index contributed by atoms with van der Waals surface area (Å²) in [7, 11) is 0. The van der Waals surface area contributed by atoms with E-state index in [1.54, 1.807) is 36.4 Å². The fourth-order valence-corrected chi connectivity index (χ4v) is 4.70. The van der Waals surface area contributed by atoms with Crippen LogP contribution in [-0.2, 0) is 9.59 Å². The zero-order chi connectivity index (χ0) is 23.0. The van der Waals surface area contributed by atoms with Crippen molar-refractivity contribution in [2.45, 2.75) is 26.2 Å². The van der Waals surface area contributed by atoms with Crippen molar-refractivity contribution in [2.75, 3.05) is 6.54 Å². The number of halogens is 2. The van der Waals surface area contributed by atoms with Gasteiger partial charge in [0.1, 0.15) is 6.54 Å². The van der Waals surface area contributed by atoms with Crippen LogP contribution in [0.3, 0.4) is 0 Å². The molecule has 0 spiro atoms. The van der Waals surface area contributed by atoms with Crippen LogP contribution in [0, 0.1) is 17.8 Å². The van der Waals surface area contributed by atoms with Crippen LogP contribution in [0.25, 0.3) is 0 Å². The second-order valence-electron chi connectivity index (χ2n) is 8.42. The van der Waals surface area contributed by atoms with Gasteiger partial charge in [0, 0.05) is 21.2 Å². The topological polar surface area (TPSA) is 74.8 Å². The molecule has 0 radical (unpaired) electrons. The highest BCUT2D eigenvalue weighted by Crippen LogP contribution is 2.41. The normalized spacial score (nSPS) is 22.6. The van der Waals surface area contributed by atoms with Gasteiger partial charge >= 0.3 is 0 Å². The minimum atomic E-state index is -0.614. The lowest BCUT2D eigenvalue weighted by atomic mass is 9.76. The van der Waals surface area contributed by atoms with E-state index in [0.717, 1.165) is 16.4 Å². The average Bonchev–Trinajstić information content (AvgIpc) is 3.02. The number of benzene rings is 2. The summed E-state index contributed by atoms with van der Waals surface area (Å²) in [6, 6.07) is 12.3. The molecule has 2 aromatic rings. The third-order valence-corrected chi connectivity index (χ3v) is 6.69. The van der Waals surface area contributed by atoms with Gasteiger partial charge in [0.25, 0.3) is 17.7 Å². The van der Waals surface area contributed by atoms with Crippen LogP contribution in [-0.4, -0.2) is 40.1 Å². The zero-order valence-corrected chi connectivity index (χ0v) is 19.0. The van der Waals surface area contributed by atoms with Gasteiger partial charge in [-0.1, -0.05) is 30.1 Å². The van der Waals surface area contributed by atoms with Crippen molar-refractivity contribution < 1.29 is 19.2 Å². The van der Waals surface area contributed by atoms with E-state index in [1.165, 1.54) is 12.1 Å². The number of imide groups is 1. The summed E-state index contributed by atoms with van der Waals surface area (Å²) < 4.78 is 0. The number of ketones is 1. The molecule has 32 heavy (non-hydrogen) atoms. The lowest BCUT2D eigenvalue weighted by Gasteiger charge is -2.30. The molecule has 0 unspecified atom stereocenters. The largest absolute Gasteiger partial charge is 0.292 e. The van der Waals surface area contributed by atoms with Gasteiger partial charge < -0.3 is 0 Å². The Kier molecular flexibility index (Phi) is 6.35. The summed E-state index contributed by atoms with van der Waals surface area (Å²) in [5.74, 6) is -2.45. The predicted octanol–water partition coefficient (Wildman–Crippen LogP) is 4.65. The van der Waals surface area contributed by atoms with E-state index in [2.05, 4.69) is 6.92 Å². The second-order valence-corrected chi connectivity index (χ2v) is 9.29. The molecular formula is C24H22Cl2N2O4. The van der Waals surface area contributed by atoms with E-state index in [9.17, 15) is 19.2 Å². The van der Waals surface area contributed by atoms with Crippen molar-refractivity contribution in [3.63, 3.8) is 0 Å². The van der Waals surface area contributed by atoms with E-state index in [-0.39, 0.29) is 5.56 Å². The molecule has 1 aliphatic carbocycles. The molecular weight excluding hydrogens is 451 g/mol. The number of nitrogens with zero attached hydrogens (tertiary/aromatic N) is 2. The van der Waals surface area contributed by atoms with Gasteiger partial charge in [-0.2, -0.15) is 5.01 Å². The molecule has 1 saturated heterocycles. The quantitative estimate of drug-likeness (QED) is 0.468. The number of carbonyl (C=O) groups excluding carboxylic acids is 4. The van der Waals surface area contributed by atoms with E-state index in [4.69, 9.17) is 23.2 Å². The van der Waals surface area contributed by atoms with Crippen molar-refractivity contribution >= 4 is 46.7 Å². The van der Waals surface area contributed by atoms with Crippen LogP contribution in [0.1, 0.15) is 46.9 Å². The van der Waals surface area contributed by atoms with Crippen molar-refractivity contribution in [1.82, 2.24) is 10.0 Å². The Morgan fingerprint density at radius 1 is 0.875 bits per heavy atom. The van der Waals surface area contributed by atoms with Gasteiger partial charge in [0.05, 0.1) is 11.8 Å². The average molecular weight is 473 g/mol.